The number of nitrogens with one attached hydrogen (secondary N) is 1. The minimum Gasteiger partial charge on any atom is -0.444 e. The second-order valence-corrected chi connectivity index (χ2v) is 8.75. The van der Waals surface area contributed by atoms with Crippen LogP contribution in [0.4, 0.5) is 4.79 Å². The minimum absolute atomic E-state index is 0.128. The van der Waals surface area contributed by atoms with E-state index in [0.29, 0.717) is 5.56 Å². The van der Waals surface area contributed by atoms with Gasteiger partial charge in [-0.3, -0.25) is 0 Å². The quantitative estimate of drug-likeness (QED) is 0.818. The Morgan fingerprint density at radius 3 is 2.46 bits per heavy atom. The first kappa shape index (κ1) is 19.9. The lowest BCUT2D eigenvalue weighted by atomic mass is 10.2. The van der Waals surface area contributed by atoms with Gasteiger partial charge in [-0.25, -0.2) is 13.2 Å². The molecular formula is C17H23N3O5S. The van der Waals surface area contributed by atoms with E-state index in [1.807, 2.05) is 19.1 Å². The molecule has 2 aromatic rings. The monoisotopic (exact) mass is 381 g/mol. The number of nitrogens with zero attached hydrogens (tertiary/aromatic N) is 2. The molecule has 1 aromatic heterocycles. The van der Waals surface area contributed by atoms with Gasteiger partial charge >= 0.3 is 11.3 Å². The summed E-state index contributed by atoms with van der Waals surface area (Å²) in [6.45, 7) is 7.39. The number of sulfone groups is 1. The first-order chi connectivity index (χ1) is 12.0. The van der Waals surface area contributed by atoms with E-state index in [1.54, 1.807) is 32.9 Å². The number of amides is 1. The fourth-order valence-corrected chi connectivity index (χ4v) is 3.16. The van der Waals surface area contributed by atoms with Crippen LogP contribution in [-0.2, 0) is 26.7 Å². The first-order valence-electron chi connectivity index (χ1n) is 8.13. The zero-order valence-corrected chi connectivity index (χ0v) is 16.1. The molecular weight excluding hydrogens is 358 g/mol. The Kier molecular flexibility index (Phi) is 6.01. The van der Waals surface area contributed by atoms with E-state index in [1.165, 1.54) is 0 Å². The lowest BCUT2D eigenvalue weighted by molar-refractivity contribution is 0.0527. The average molecular weight is 381 g/mol. The van der Waals surface area contributed by atoms with Crippen LogP contribution < -0.4 is 5.32 Å². The van der Waals surface area contributed by atoms with Crippen LogP contribution >= 0.6 is 0 Å². The molecule has 0 aliphatic rings. The van der Waals surface area contributed by atoms with E-state index >= 15 is 0 Å². The molecule has 142 valence electrons. The summed E-state index contributed by atoms with van der Waals surface area (Å²) >= 11 is 0. The molecule has 0 radical (unpaired) electrons. The fourth-order valence-electron chi connectivity index (χ4n) is 2.02. The van der Waals surface area contributed by atoms with Crippen molar-refractivity contribution in [2.24, 2.45) is 0 Å². The highest BCUT2D eigenvalue weighted by Crippen LogP contribution is 2.16. The summed E-state index contributed by atoms with van der Waals surface area (Å²) in [7, 11) is -3.72. The second kappa shape index (κ2) is 7.86. The number of carbonyl (C=O) groups is 1. The summed E-state index contributed by atoms with van der Waals surface area (Å²) in [5.74, 6) is -0.0889. The van der Waals surface area contributed by atoms with Crippen LogP contribution in [0.1, 0.15) is 37.8 Å². The molecule has 1 heterocycles. The van der Waals surface area contributed by atoms with E-state index < -0.39 is 26.8 Å². The number of aromatic nitrogens is 2. The van der Waals surface area contributed by atoms with Gasteiger partial charge in [0, 0.05) is 13.0 Å². The molecule has 8 nitrogen and oxygen atoms in total. The molecule has 0 saturated carbocycles. The van der Waals surface area contributed by atoms with Gasteiger partial charge in [0.25, 0.3) is 0 Å². The third kappa shape index (κ3) is 6.14. The Morgan fingerprint density at radius 1 is 1.19 bits per heavy atom. The van der Waals surface area contributed by atoms with Crippen molar-refractivity contribution in [1.82, 2.24) is 15.5 Å². The molecule has 0 spiro atoms. The number of alkyl carbamates (subject to hydrolysis) is 1. The van der Waals surface area contributed by atoms with Crippen molar-refractivity contribution in [1.29, 1.82) is 0 Å². The maximum atomic E-state index is 12.4. The van der Waals surface area contributed by atoms with Gasteiger partial charge in [-0.2, -0.15) is 0 Å². The zero-order valence-electron chi connectivity index (χ0n) is 15.3. The molecule has 1 amide bonds. The van der Waals surface area contributed by atoms with Gasteiger partial charge in [0.2, 0.25) is 15.7 Å². The molecule has 0 saturated heterocycles. The van der Waals surface area contributed by atoms with Crippen LogP contribution in [0.3, 0.4) is 0 Å². The van der Waals surface area contributed by atoms with Crippen LogP contribution in [0.2, 0.25) is 0 Å². The number of hydrogen-bond donors (Lipinski definition) is 1. The molecule has 0 aliphatic heterocycles. The van der Waals surface area contributed by atoms with Crippen molar-refractivity contribution in [2.75, 3.05) is 6.54 Å². The number of aryl methyl sites for hydroxylation is 1. The number of benzene rings is 1. The minimum atomic E-state index is -3.72. The van der Waals surface area contributed by atoms with Crippen molar-refractivity contribution < 1.29 is 22.4 Å². The van der Waals surface area contributed by atoms with Crippen molar-refractivity contribution in [2.45, 2.75) is 50.7 Å². The smallest absolute Gasteiger partial charge is 0.407 e. The summed E-state index contributed by atoms with van der Waals surface area (Å²) in [5.41, 5.74) is 1.09. The molecule has 1 aromatic carbocycles. The maximum absolute atomic E-state index is 12.4. The predicted molar refractivity (Wildman–Crippen MR) is 94.3 cm³/mol. The third-order valence-electron chi connectivity index (χ3n) is 3.20. The Bertz CT molecular complexity index is 851. The number of carbonyl (C=O) groups excluding carboxylic acids is 1. The molecule has 0 fully saturated rings. The molecule has 0 aliphatic carbocycles. The van der Waals surface area contributed by atoms with Crippen molar-refractivity contribution in [3.8, 4) is 0 Å². The Labute approximate surface area is 152 Å². The molecule has 1 N–H and O–H groups in total. The van der Waals surface area contributed by atoms with Gasteiger partial charge in [0.05, 0.1) is 5.75 Å². The Hall–Kier alpha value is -2.42. The largest absolute Gasteiger partial charge is 0.444 e. The highest BCUT2D eigenvalue weighted by atomic mass is 32.2. The second-order valence-electron chi connectivity index (χ2n) is 6.89. The van der Waals surface area contributed by atoms with Crippen molar-refractivity contribution >= 4 is 15.9 Å². The standard InChI is InChI=1S/C17H23N3O5S/c1-12-5-7-13(8-6-12)11-26(22,23)16-20-19-14(24-16)9-10-18-15(21)25-17(2,3)4/h5-8H,9-11H2,1-4H3,(H,18,21). The Morgan fingerprint density at radius 2 is 1.85 bits per heavy atom. The predicted octanol–water partition coefficient (Wildman–Crippen LogP) is 2.42. The SMILES string of the molecule is Cc1ccc(CS(=O)(=O)c2nnc(CCNC(=O)OC(C)(C)C)o2)cc1. The normalized spacial score (nSPS) is 12.0. The van der Waals surface area contributed by atoms with Gasteiger partial charge in [0.1, 0.15) is 5.60 Å². The highest BCUT2D eigenvalue weighted by Gasteiger charge is 2.23. The lowest BCUT2D eigenvalue weighted by Gasteiger charge is -2.19. The highest BCUT2D eigenvalue weighted by molar-refractivity contribution is 7.90. The summed E-state index contributed by atoms with van der Waals surface area (Å²) in [6.07, 6.45) is -0.365. The van der Waals surface area contributed by atoms with E-state index in [2.05, 4.69) is 15.5 Å². The van der Waals surface area contributed by atoms with Gasteiger partial charge in [0.15, 0.2) is 0 Å². The topological polar surface area (TPSA) is 111 Å². The molecule has 0 unspecified atom stereocenters. The first-order valence-corrected chi connectivity index (χ1v) is 9.78. The van der Waals surface area contributed by atoms with Crippen LogP contribution in [0.5, 0.6) is 0 Å². The number of rotatable bonds is 6. The average Bonchev–Trinajstić information content (AvgIpc) is 2.97. The molecule has 26 heavy (non-hydrogen) atoms. The summed E-state index contributed by atoms with van der Waals surface area (Å²) in [4.78, 5) is 11.5. The van der Waals surface area contributed by atoms with Crippen LogP contribution in [0.15, 0.2) is 33.9 Å². The Balaban J connectivity index is 1.92. The number of ether oxygens (including phenoxy) is 1. The molecule has 2 rings (SSSR count). The van der Waals surface area contributed by atoms with Crippen LogP contribution in [0.25, 0.3) is 0 Å². The summed E-state index contributed by atoms with van der Waals surface area (Å²) < 4.78 is 35.0. The van der Waals surface area contributed by atoms with Gasteiger partial charge in [-0.1, -0.05) is 34.9 Å². The van der Waals surface area contributed by atoms with E-state index in [4.69, 9.17) is 9.15 Å². The van der Waals surface area contributed by atoms with Crippen molar-refractivity contribution in [3.63, 3.8) is 0 Å². The van der Waals surface area contributed by atoms with Crippen LogP contribution in [-0.4, -0.2) is 36.9 Å². The number of hydrogen-bond acceptors (Lipinski definition) is 7. The van der Waals surface area contributed by atoms with E-state index in [0.717, 1.165) is 5.56 Å². The molecule has 0 bridgehead atoms. The maximum Gasteiger partial charge on any atom is 0.407 e. The third-order valence-corrected chi connectivity index (χ3v) is 4.61. The molecule has 9 heteroatoms. The summed E-state index contributed by atoms with van der Waals surface area (Å²) in [5, 5.41) is 9.45. The van der Waals surface area contributed by atoms with Crippen LogP contribution in [0, 0.1) is 6.92 Å². The van der Waals surface area contributed by atoms with Gasteiger partial charge in [-0.15, -0.1) is 5.10 Å². The zero-order chi connectivity index (χ0) is 19.4. The summed E-state index contributed by atoms with van der Waals surface area (Å²) in [6, 6.07) is 7.17. The fraction of sp³-hybridized carbons (Fsp3) is 0.471. The van der Waals surface area contributed by atoms with Gasteiger partial charge < -0.3 is 14.5 Å². The van der Waals surface area contributed by atoms with E-state index in [-0.39, 0.29) is 24.6 Å². The van der Waals surface area contributed by atoms with Crippen molar-refractivity contribution in [3.05, 3.63) is 41.3 Å². The van der Waals surface area contributed by atoms with E-state index in [9.17, 15) is 13.2 Å². The lowest BCUT2D eigenvalue weighted by Crippen LogP contribution is -2.33. The van der Waals surface area contributed by atoms with Gasteiger partial charge in [-0.05, 0) is 33.3 Å². The molecule has 0 atom stereocenters.